The summed E-state index contributed by atoms with van der Waals surface area (Å²) in [5, 5.41) is 6.31. The predicted octanol–water partition coefficient (Wildman–Crippen LogP) is 3.72. The average molecular weight is 581 g/mol. The molecule has 2 N–H and O–H groups in total. The Labute approximate surface area is 247 Å². The number of imidazole rings is 1. The number of fused-ring (bicyclic) bond motifs is 1. The maximum Gasteiger partial charge on any atom is 0.331 e. The lowest BCUT2D eigenvalue weighted by molar-refractivity contribution is -0.124. The van der Waals surface area contributed by atoms with E-state index in [0.29, 0.717) is 47.0 Å². The lowest BCUT2D eigenvalue weighted by Gasteiger charge is -2.17. The minimum Gasteiger partial charge on any atom is -0.362 e. The molecule has 0 radical (unpaired) electrons. The quantitative estimate of drug-likeness (QED) is 0.297. The molecule has 5 heterocycles. The molecule has 4 aromatic rings. The monoisotopic (exact) mass is 580 g/mol. The van der Waals surface area contributed by atoms with Crippen LogP contribution in [0.15, 0.2) is 36.8 Å². The molecule has 1 saturated heterocycles. The second kappa shape index (κ2) is 10.1. The van der Waals surface area contributed by atoms with E-state index in [2.05, 4.69) is 36.8 Å². The highest BCUT2D eigenvalue weighted by Gasteiger charge is 2.46. The van der Waals surface area contributed by atoms with E-state index in [-0.39, 0.29) is 42.3 Å². The summed E-state index contributed by atoms with van der Waals surface area (Å²) in [6.45, 7) is 5.64. The van der Waals surface area contributed by atoms with Crippen LogP contribution in [0.1, 0.15) is 72.7 Å². The maximum atomic E-state index is 13.0. The fourth-order valence-electron chi connectivity index (χ4n) is 5.59. The van der Waals surface area contributed by atoms with Crippen molar-refractivity contribution in [2.75, 3.05) is 29.1 Å². The first-order valence-electron chi connectivity index (χ1n) is 14.5. The molecule has 3 atom stereocenters. The predicted molar refractivity (Wildman–Crippen MR) is 158 cm³/mol. The summed E-state index contributed by atoms with van der Waals surface area (Å²) in [6, 6.07) is 4.92. The Bertz CT molecular complexity index is 1800. The third-order valence-electron chi connectivity index (χ3n) is 8.27. The van der Waals surface area contributed by atoms with Crippen molar-refractivity contribution in [1.29, 1.82) is 0 Å². The molecule has 13 nitrogen and oxygen atoms in total. The van der Waals surface area contributed by atoms with Gasteiger partial charge in [-0.1, -0.05) is 0 Å². The number of likely N-dealkylation sites (N-methyl/N-ethyl adjacent to an activating group) is 1. The zero-order valence-corrected chi connectivity index (χ0v) is 24.4. The molecule has 220 valence electrons. The maximum absolute atomic E-state index is 13.0. The molecule has 4 amide bonds. The number of carbonyl (C=O) groups excluding carboxylic acids is 3. The molecule has 4 aromatic heterocycles. The topological polar surface area (TPSA) is 151 Å². The van der Waals surface area contributed by atoms with Crippen molar-refractivity contribution in [1.82, 2.24) is 34.2 Å². The van der Waals surface area contributed by atoms with Gasteiger partial charge in [0, 0.05) is 49.2 Å². The molecule has 0 aromatic carbocycles. The minimum absolute atomic E-state index is 0.00944. The van der Waals surface area contributed by atoms with Crippen LogP contribution in [0.4, 0.5) is 22.1 Å². The summed E-state index contributed by atoms with van der Waals surface area (Å²) in [5.41, 5.74) is 3.97. The van der Waals surface area contributed by atoms with E-state index in [0.717, 1.165) is 34.7 Å². The first kappa shape index (κ1) is 26.9. The SMILES string of the molecule is Cc1ccnc([C@H]2C[C@@H]2C(=O)Nc2cc(NC(C)c3cn4cc(C5CC5)cc(N5CC(=O)N(C)C5=O)c4n3)nc(C)n2)n1. The third kappa shape index (κ3) is 5.15. The lowest BCUT2D eigenvalue weighted by Crippen LogP contribution is -2.30. The van der Waals surface area contributed by atoms with Gasteiger partial charge < -0.3 is 15.0 Å². The second-order valence-electron chi connectivity index (χ2n) is 11.7. The number of aryl methyl sites for hydroxylation is 2. The van der Waals surface area contributed by atoms with Crippen LogP contribution in [-0.4, -0.2) is 65.7 Å². The number of amides is 4. The summed E-state index contributed by atoms with van der Waals surface area (Å²) >= 11 is 0. The zero-order valence-electron chi connectivity index (χ0n) is 24.4. The average Bonchev–Trinajstić information content (AvgIpc) is 3.89. The number of imide groups is 1. The van der Waals surface area contributed by atoms with E-state index in [1.165, 1.54) is 11.9 Å². The number of rotatable bonds is 8. The largest absolute Gasteiger partial charge is 0.362 e. The van der Waals surface area contributed by atoms with E-state index >= 15 is 0 Å². The van der Waals surface area contributed by atoms with Crippen LogP contribution < -0.4 is 15.5 Å². The Morgan fingerprint density at radius 2 is 1.84 bits per heavy atom. The van der Waals surface area contributed by atoms with E-state index in [9.17, 15) is 14.4 Å². The molecular weight excluding hydrogens is 548 g/mol. The molecule has 7 rings (SSSR count). The normalized spacial score (nSPS) is 20.6. The molecule has 3 aliphatic rings. The number of carbonyl (C=O) groups is 3. The van der Waals surface area contributed by atoms with Gasteiger partial charge in [0.2, 0.25) is 11.8 Å². The van der Waals surface area contributed by atoms with Crippen molar-refractivity contribution in [3.8, 4) is 0 Å². The van der Waals surface area contributed by atoms with Gasteiger partial charge in [-0.05, 0) is 63.6 Å². The van der Waals surface area contributed by atoms with Gasteiger partial charge in [-0.2, -0.15) is 0 Å². The van der Waals surface area contributed by atoms with Crippen molar-refractivity contribution in [2.45, 2.75) is 57.9 Å². The smallest absolute Gasteiger partial charge is 0.331 e. The standard InChI is InChI=1S/C30H32N10O3/c1-15-7-8-31-27(32-15)20-10-21(20)29(42)37-25-11-24(34-17(3)35-25)33-16(2)22-13-39-12-19(18-5-6-18)9-23(28(39)36-22)40-14-26(41)38(4)30(40)43/h7-9,11-13,16,18,20-21H,5-6,10,14H2,1-4H3,(H2,33,34,35,37,42)/t16?,20-,21-/m0/s1. The summed E-state index contributed by atoms with van der Waals surface area (Å²) < 4.78 is 1.94. The number of aromatic nitrogens is 6. The fraction of sp³-hybridized carbons (Fsp3) is 0.400. The number of anilines is 3. The first-order valence-corrected chi connectivity index (χ1v) is 14.5. The summed E-state index contributed by atoms with van der Waals surface area (Å²) in [6.07, 6.45) is 8.62. The molecule has 43 heavy (non-hydrogen) atoms. The van der Waals surface area contributed by atoms with Gasteiger partial charge in [0.25, 0.3) is 0 Å². The van der Waals surface area contributed by atoms with Crippen molar-refractivity contribution in [3.05, 3.63) is 65.4 Å². The van der Waals surface area contributed by atoms with E-state index in [4.69, 9.17) is 4.98 Å². The van der Waals surface area contributed by atoms with E-state index in [1.807, 2.05) is 36.6 Å². The van der Waals surface area contributed by atoms with Gasteiger partial charge in [-0.15, -0.1) is 0 Å². The highest BCUT2D eigenvalue weighted by Crippen LogP contribution is 2.46. The van der Waals surface area contributed by atoms with Gasteiger partial charge in [0.15, 0.2) is 5.65 Å². The minimum atomic E-state index is -0.356. The Hall–Kier alpha value is -4.94. The molecular formula is C30H32N10O3. The van der Waals surface area contributed by atoms with E-state index < -0.39 is 0 Å². The van der Waals surface area contributed by atoms with Crippen LogP contribution >= 0.6 is 0 Å². The van der Waals surface area contributed by atoms with Crippen LogP contribution in [0.3, 0.4) is 0 Å². The molecule has 3 fully saturated rings. The Balaban J connectivity index is 1.10. The van der Waals surface area contributed by atoms with E-state index in [1.54, 1.807) is 19.2 Å². The van der Waals surface area contributed by atoms with Gasteiger partial charge in [0.1, 0.15) is 29.8 Å². The Morgan fingerprint density at radius 3 is 2.56 bits per heavy atom. The molecule has 0 spiro atoms. The summed E-state index contributed by atoms with van der Waals surface area (Å²) in [4.78, 5) is 63.4. The van der Waals surface area contributed by atoms with Gasteiger partial charge in [-0.25, -0.2) is 29.7 Å². The number of urea groups is 1. The summed E-state index contributed by atoms with van der Waals surface area (Å²) in [5.74, 6) is 2.06. The number of hydrogen-bond acceptors (Lipinski definition) is 9. The third-order valence-corrected chi connectivity index (χ3v) is 8.27. The van der Waals surface area contributed by atoms with Crippen LogP contribution in [0.2, 0.25) is 0 Å². The molecule has 2 aliphatic carbocycles. The van der Waals surface area contributed by atoms with Gasteiger partial charge in [-0.3, -0.25) is 19.4 Å². The fourth-order valence-corrected chi connectivity index (χ4v) is 5.59. The van der Waals surface area contributed by atoms with Crippen LogP contribution in [0.25, 0.3) is 5.65 Å². The molecule has 1 unspecified atom stereocenters. The van der Waals surface area contributed by atoms with Crippen molar-refractivity contribution in [2.24, 2.45) is 5.92 Å². The second-order valence-corrected chi connectivity index (χ2v) is 11.7. The first-order chi connectivity index (χ1) is 20.6. The van der Waals surface area contributed by atoms with Crippen molar-refractivity contribution in [3.63, 3.8) is 0 Å². The Morgan fingerprint density at radius 1 is 1.05 bits per heavy atom. The van der Waals surface area contributed by atoms with Crippen LogP contribution in [0.5, 0.6) is 0 Å². The van der Waals surface area contributed by atoms with Crippen molar-refractivity contribution >= 4 is 40.8 Å². The summed E-state index contributed by atoms with van der Waals surface area (Å²) in [7, 11) is 1.50. The lowest BCUT2D eigenvalue weighted by atomic mass is 10.1. The zero-order chi connectivity index (χ0) is 30.0. The molecule has 13 heteroatoms. The highest BCUT2D eigenvalue weighted by atomic mass is 16.2. The number of nitrogens with zero attached hydrogens (tertiary/aromatic N) is 8. The Kier molecular flexibility index (Phi) is 6.33. The van der Waals surface area contributed by atoms with Crippen LogP contribution in [0, 0.1) is 19.8 Å². The van der Waals surface area contributed by atoms with Crippen molar-refractivity contribution < 1.29 is 14.4 Å². The number of hydrogen-bond donors (Lipinski definition) is 2. The molecule has 0 bridgehead atoms. The molecule has 1 aliphatic heterocycles. The van der Waals surface area contributed by atoms with Crippen LogP contribution in [-0.2, 0) is 9.59 Å². The number of pyridine rings is 1. The number of nitrogens with one attached hydrogen (secondary N) is 2. The van der Waals surface area contributed by atoms with Gasteiger partial charge in [0.05, 0.1) is 17.4 Å². The molecule has 2 saturated carbocycles. The van der Waals surface area contributed by atoms with Gasteiger partial charge >= 0.3 is 6.03 Å². The highest BCUT2D eigenvalue weighted by molar-refractivity contribution is 6.13.